The number of hydrogen-bond donors (Lipinski definition) is 2. The van der Waals surface area contributed by atoms with Gasteiger partial charge in [0.1, 0.15) is 16.8 Å². The standard InChI is InChI=1S/C21H24ClFN2O4S/c1-11(2)15-8-14(22)9-16(12(3)4)20(15)24-21(26)25-30(27,28)19-7-13(18-10-29-18)5-6-17(19)23/h5-9,11-12,18H,10H2,1-4H3,(H2,24,25,26). The summed E-state index contributed by atoms with van der Waals surface area (Å²) in [6.07, 6.45) is -0.246. The van der Waals surface area contributed by atoms with Gasteiger partial charge in [0.15, 0.2) is 0 Å². The van der Waals surface area contributed by atoms with Crippen molar-refractivity contribution in [2.75, 3.05) is 11.9 Å². The Kier molecular flexibility index (Phi) is 6.40. The van der Waals surface area contributed by atoms with E-state index in [4.69, 9.17) is 16.3 Å². The maximum Gasteiger partial charge on any atom is 0.333 e. The molecule has 0 aliphatic carbocycles. The fraction of sp³-hybridized carbons (Fsp3) is 0.381. The SMILES string of the molecule is CC(C)c1cc(Cl)cc(C(C)C)c1NC(=O)NS(=O)(=O)c1cc(C2CO2)ccc1F. The smallest absolute Gasteiger partial charge is 0.333 e. The number of ether oxygens (including phenoxy) is 1. The monoisotopic (exact) mass is 454 g/mol. The van der Waals surface area contributed by atoms with E-state index in [2.05, 4.69) is 5.32 Å². The minimum absolute atomic E-state index is 0.0285. The van der Waals surface area contributed by atoms with Crippen molar-refractivity contribution in [1.29, 1.82) is 0 Å². The summed E-state index contributed by atoms with van der Waals surface area (Å²) in [6.45, 7) is 8.21. The molecular formula is C21H24ClFN2O4S. The number of urea groups is 1. The van der Waals surface area contributed by atoms with Crippen LogP contribution in [-0.4, -0.2) is 21.1 Å². The van der Waals surface area contributed by atoms with Crippen LogP contribution in [0.3, 0.4) is 0 Å². The Morgan fingerprint density at radius 3 is 2.20 bits per heavy atom. The molecule has 1 aliphatic rings. The second-order valence-electron chi connectivity index (χ2n) is 7.84. The number of carbonyl (C=O) groups is 1. The molecule has 2 N–H and O–H groups in total. The molecule has 0 aromatic heterocycles. The summed E-state index contributed by atoms with van der Waals surface area (Å²) in [5.41, 5.74) is 2.59. The largest absolute Gasteiger partial charge is 0.368 e. The van der Waals surface area contributed by atoms with Gasteiger partial charge in [-0.3, -0.25) is 0 Å². The Bertz CT molecular complexity index is 1050. The quantitative estimate of drug-likeness (QED) is 0.579. The number of carbonyl (C=O) groups excluding carboxylic acids is 1. The lowest BCUT2D eigenvalue weighted by atomic mass is 9.92. The molecule has 6 nitrogen and oxygen atoms in total. The molecular weight excluding hydrogens is 431 g/mol. The molecule has 2 aromatic rings. The van der Waals surface area contributed by atoms with Crippen molar-refractivity contribution in [1.82, 2.24) is 4.72 Å². The van der Waals surface area contributed by atoms with Gasteiger partial charge in [0.25, 0.3) is 10.0 Å². The normalized spacial score (nSPS) is 16.1. The average molecular weight is 455 g/mol. The maximum absolute atomic E-state index is 14.2. The van der Waals surface area contributed by atoms with Gasteiger partial charge in [-0.05, 0) is 52.8 Å². The van der Waals surface area contributed by atoms with E-state index >= 15 is 0 Å². The molecule has 0 radical (unpaired) electrons. The number of anilines is 1. The van der Waals surface area contributed by atoms with Gasteiger partial charge in [-0.25, -0.2) is 22.3 Å². The van der Waals surface area contributed by atoms with Crippen LogP contribution >= 0.6 is 11.6 Å². The second kappa shape index (κ2) is 8.53. The van der Waals surface area contributed by atoms with Crippen LogP contribution in [0.1, 0.15) is 62.3 Å². The van der Waals surface area contributed by atoms with Gasteiger partial charge in [-0.1, -0.05) is 45.4 Å². The van der Waals surface area contributed by atoms with Crippen LogP contribution in [0, 0.1) is 5.82 Å². The van der Waals surface area contributed by atoms with Crippen LogP contribution in [0.15, 0.2) is 35.2 Å². The molecule has 9 heteroatoms. The van der Waals surface area contributed by atoms with Crippen molar-refractivity contribution in [3.05, 3.63) is 57.9 Å². The van der Waals surface area contributed by atoms with E-state index in [1.54, 1.807) is 12.1 Å². The number of rotatable bonds is 6. The Morgan fingerprint density at radius 2 is 1.70 bits per heavy atom. The van der Waals surface area contributed by atoms with E-state index in [0.29, 0.717) is 22.9 Å². The van der Waals surface area contributed by atoms with E-state index in [1.807, 2.05) is 32.4 Å². The number of epoxide rings is 1. The number of amides is 2. The first kappa shape index (κ1) is 22.5. The number of benzene rings is 2. The molecule has 3 rings (SSSR count). The second-order valence-corrected chi connectivity index (χ2v) is 9.93. The first-order chi connectivity index (χ1) is 14.0. The van der Waals surface area contributed by atoms with E-state index in [0.717, 1.165) is 17.2 Å². The highest BCUT2D eigenvalue weighted by molar-refractivity contribution is 7.90. The minimum Gasteiger partial charge on any atom is -0.368 e. The first-order valence-electron chi connectivity index (χ1n) is 9.57. The lowest BCUT2D eigenvalue weighted by molar-refractivity contribution is 0.256. The van der Waals surface area contributed by atoms with Crippen molar-refractivity contribution in [3.63, 3.8) is 0 Å². The molecule has 1 aliphatic heterocycles. The summed E-state index contributed by atoms with van der Waals surface area (Å²) in [5.74, 6) is -0.890. The summed E-state index contributed by atoms with van der Waals surface area (Å²) >= 11 is 6.22. The molecule has 0 bridgehead atoms. The van der Waals surface area contributed by atoms with Gasteiger partial charge in [0.2, 0.25) is 0 Å². The van der Waals surface area contributed by atoms with Crippen molar-refractivity contribution < 1.29 is 22.3 Å². The number of sulfonamides is 1. The Hall–Kier alpha value is -2.16. The molecule has 1 fully saturated rings. The molecule has 1 saturated heterocycles. The van der Waals surface area contributed by atoms with Crippen LogP contribution in [0.2, 0.25) is 5.02 Å². The van der Waals surface area contributed by atoms with Crippen molar-refractivity contribution in [3.8, 4) is 0 Å². The molecule has 30 heavy (non-hydrogen) atoms. The molecule has 0 saturated carbocycles. The third-order valence-corrected chi connectivity index (χ3v) is 6.39. The van der Waals surface area contributed by atoms with Crippen LogP contribution in [0.25, 0.3) is 0 Å². The van der Waals surface area contributed by atoms with Crippen LogP contribution in [-0.2, 0) is 14.8 Å². The highest BCUT2D eigenvalue weighted by Gasteiger charge is 2.29. The zero-order valence-corrected chi connectivity index (χ0v) is 18.7. The summed E-state index contributed by atoms with van der Waals surface area (Å²) in [6, 6.07) is 6.19. The third-order valence-electron chi connectivity index (χ3n) is 4.82. The lowest BCUT2D eigenvalue weighted by Gasteiger charge is -2.21. The van der Waals surface area contributed by atoms with Gasteiger partial charge in [-0.15, -0.1) is 0 Å². The van der Waals surface area contributed by atoms with Crippen LogP contribution in [0.5, 0.6) is 0 Å². The molecule has 2 aromatic carbocycles. The summed E-state index contributed by atoms with van der Waals surface area (Å²) in [7, 11) is -4.43. The summed E-state index contributed by atoms with van der Waals surface area (Å²) < 4.78 is 46.6. The van der Waals surface area contributed by atoms with Crippen LogP contribution < -0.4 is 10.0 Å². The zero-order chi connectivity index (χ0) is 22.2. The van der Waals surface area contributed by atoms with Gasteiger partial charge >= 0.3 is 6.03 Å². The van der Waals surface area contributed by atoms with Gasteiger partial charge in [0, 0.05) is 10.7 Å². The third kappa shape index (κ3) is 4.94. The lowest BCUT2D eigenvalue weighted by Crippen LogP contribution is -2.35. The van der Waals surface area contributed by atoms with Crippen molar-refractivity contribution in [2.24, 2.45) is 0 Å². The highest BCUT2D eigenvalue weighted by Crippen LogP contribution is 2.36. The van der Waals surface area contributed by atoms with Crippen molar-refractivity contribution in [2.45, 2.75) is 50.5 Å². The number of nitrogens with one attached hydrogen (secondary N) is 2. The average Bonchev–Trinajstić information content (AvgIpc) is 3.47. The molecule has 1 heterocycles. The first-order valence-corrected chi connectivity index (χ1v) is 11.4. The zero-order valence-electron chi connectivity index (χ0n) is 17.1. The number of hydrogen-bond acceptors (Lipinski definition) is 4. The number of halogens is 2. The minimum atomic E-state index is -4.43. The van der Waals surface area contributed by atoms with E-state index in [-0.39, 0.29) is 17.9 Å². The molecule has 0 spiro atoms. The van der Waals surface area contributed by atoms with Gasteiger partial charge < -0.3 is 10.1 Å². The molecule has 2 amide bonds. The molecule has 1 unspecified atom stereocenters. The summed E-state index contributed by atoms with van der Waals surface area (Å²) in [4.78, 5) is 12.0. The van der Waals surface area contributed by atoms with E-state index < -0.39 is 26.8 Å². The predicted octanol–water partition coefficient (Wildman–Crippen LogP) is 5.31. The van der Waals surface area contributed by atoms with Crippen LogP contribution in [0.4, 0.5) is 14.9 Å². The predicted molar refractivity (Wildman–Crippen MR) is 114 cm³/mol. The Morgan fingerprint density at radius 1 is 1.13 bits per heavy atom. The van der Waals surface area contributed by atoms with Crippen molar-refractivity contribution >= 4 is 33.3 Å². The fourth-order valence-corrected chi connectivity index (χ4v) is 4.44. The Balaban J connectivity index is 1.90. The Labute approximate surface area is 180 Å². The van der Waals surface area contributed by atoms with Gasteiger partial charge in [-0.2, -0.15) is 0 Å². The van der Waals surface area contributed by atoms with Gasteiger partial charge in [0.05, 0.1) is 6.61 Å². The maximum atomic E-state index is 14.2. The topological polar surface area (TPSA) is 87.8 Å². The fourth-order valence-electron chi connectivity index (χ4n) is 3.19. The molecule has 162 valence electrons. The van der Waals surface area contributed by atoms with E-state index in [9.17, 15) is 17.6 Å². The van der Waals surface area contributed by atoms with E-state index in [1.165, 1.54) is 12.1 Å². The summed E-state index contributed by atoms with van der Waals surface area (Å²) in [5, 5.41) is 3.16. The highest BCUT2D eigenvalue weighted by atomic mass is 35.5. The molecule has 1 atom stereocenters.